The molecule has 2 aromatic carbocycles. The number of ether oxygens (including phenoxy) is 1. The highest BCUT2D eigenvalue weighted by atomic mass is 16.5. The molecule has 2 N–H and O–H groups in total. The van der Waals surface area contributed by atoms with Gasteiger partial charge in [0.15, 0.2) is 0 Å². The molecule has 0 radical (unpaired) electrons. The van der Waals surface area contributed by atoms with E-state index >= 15 is 0 Å². The van der Waals surface area contributed by atoms with E-state index in [2.05, 4.69) is 6.92 Å². The first-order chi connectivity index (χ1) is 9.49. The van der Waals surface area contributed by atoms with Gasteiger partial charge in [-0.05, 0) is 55.2 Å². The second kappa shape index (κ2) is 5.78. The SMILES string of the molecule is Cc1ccc(COC(=O)c2cccc(N)c2C)cc1C. The molecule has 0 aromatic heterocycles. The fraction of sp³-hybridized carbons (Fsp3) is 0.235. The van der Waals surface area contributed by atoms with Gasteiger partial charge in [-0.3, -0.25) is 0 Å². The van der Waals surface area contributed by atoms with Crippen molar-refractivity contribution in [1.29, 1.82) is 0 Å². The van der Waals surface area contributed by atoms with Crippen molar-refractivity contribution in [2.24, 2.45) is 0 Å². The minimum atomic E-state index is -0.340. The average molecular weight is 269 g/mol. The first-order valence-electron chi connectivity index (χ1n) is 6.57. The van der Waals surface area contributed by atoms with Gasteiger partial charge in [-0.1, -0.05) is 24.3 Å². The molecule has 0 aliphatic rings. The fourth-order valence-corrected chi connectivity index (χ4v) is 1.99. The second-order valence-electron chi connectivity index (χ2n) is 5.01. The Labute approximate surface area is 119 Å². The molecular weight excluding hydrogens is 250 g/mol. The first-order valence-corrected chi connectivity index (χ1v) is 6.57. The smallest absolute Gasteiger partial charge is 0.338 e. The van der Waals surface area contributed by atoms with E-state index in [9.17, 15) is 4.79 Å². The highest BCUT2D eigenvalue weighted by Crippen LogP contribution is 2.17. The normalized spacial score (nSPS) is 10.3. The Morgan fingerprint density at radius 2 is 1.85 bits per heavy atom. The van der Waals surface area contributed by atoms with Gasteiger partial charge in [-0.2, -0.15) is 0 Å². The zero-order chi connectivity index (χ0) is 14.7. The molecule has 0 heterocycles. The lowest BCUT2D eigenvalue weighted by Gasteiger charge is -2.09. The third kappa shape index (κ3) is 2.99. The van der Waals surface area contributed by atoms with Crippen molar-refractivity contribution < 1.29 is 9.53 Å². The van der Waals surface area contributed by atoms with E-state index in [1.165, 1.54) is 11.1 Å². The van der Waals surface area contributed by atoms with E-state index in [4.69, 9.17) is 10.5 Å². The molecule has 0 amide bonds. The number of rotatable bonds is 3. The van der Waals surface area contributed by atoms with E-state index in [1.54, 1.807) is 18.2 Å². The molecule has 20 heavy (non-hydrogen) atoms. The van der Waals surface area contributed by atoms with Gasteiger partial charge in [-0.15, -0.1) is 0 Å². The van der Waals surface area contributed by atoms with E-state index in [-0.39, 0.29) is 12.6 Å². The number of benzene rings is 2. The predicted molar refractivity (Wildman–Crippen MR) is 80.6 cm³/mol. The Balaban J connectivity index is 2.08. The maximum Gasteiger partial charge on any atom is 0.338 e. The summed E-state index contributed by atoms with van der Waals surface area (Å²) in [6, 6.07) is 11.3. The van der Waals surface area contributed by atoms with Crippen LogP contribution >= 0.6 is 0 Å². The molecular formula is C17H19NO2. The van der Waals surface area contributed by atoms with Gasteiger partial charge in [0.05, 0.1) is 5.56 Å². The summed E-state index contributed by atoms with van der Waals surface area (Å²) < 4.78 is 5.35. The molecule has 0 atom stereocenters. The zero-order valence-electron chi connectivity index (χ0n) is 12.1. The van der Waals surface area contributed by atoms with Crippen molar-refractivity contribution in [1.82, 2.24) is 0 Å². The van der Waals surface area contributed by atoms with E-state index in [0.29, 0.717) is 11.3 Å². The molecule has 0 aliphatic carbocycles. The van der Waals surface area contributed by atoms with Gasteiger partial charge >= 0.3 is 5.97 Å². The number of carbonyl (C=O) groups excluding carboxylic acids is 1. The molecule has 3 nitrogen and oxygen atoms in total. The molecule has 0 saturated heterocycles. The maximum atomic E-state index is 12.1. The summed E-state index contributed by atoms with van der Waals surface area (Å²) in [5.74, 6) is -0.340. The average Bonchev–Trinajstić information content (AvgIpc) is 2.43. The molecule has 0 unspecified atom stereocenters. The Kier molecular flexibility index (Phi) is 4.08. The van der Waals surface area contributed by atoms with Crippen LogP contribution in [0.25, 0.3) is 0 Å². The van der Waals surface area contributed by atoms with Crippen molar-refractivity contribution in [3.8, 4) is 0 Å². The number of nitrogens with two attached hydrogens (primary N) is 1. The molecule has 2 rings (SSSR count). The number of hydrogen-bond acceptors (Lipinski definition) is 3. The largest absolute Gasteiger partial charge is 0.457 e. The van der Waals surface area contributed by atoms with Crippen LogP contribution in [0.15, 0.2) is 36.4 Å². The number of nitrogen functional groups attached to an aromatic ring is 1. The Hall–Kier alpha value is -2.29. The Morgan fingerprint density at radius 1 is 1.10 bits per heavy atom. The van der Waals surface area contributed by atoms with Gasteiger partial charge in [0, 0.05) is 5.69 Å². The van der Waals surface area contributed by atoms with Gasteiger partial charge in [-0.25, -0.2) is 4.79 Å². The number of esters is 1. The summed E-state index contributed by atoms with van der Waals surface area (Å²) in [5.41, 5.74) is 11.1. The minimum Gasteiger partial charge on any atom is -0.457 e. The van der Waals surface area contributed by atoms with Crippen LogP contribution in [0, 0.1) is 20.8 Å². The van der Waals surface area contributed by atoms with Crippen LogP contribution in [0.5, 0.6) is 0 Å². The standard InChI is InChI=1S/C17H19NO2/c1-11-7-8-14(9-12(11)2)10-20-17(19)15-5-4-6-16(18)13(15)3/h4-9H,10,18H2,1-3H3. The summed E-state index contributed by atoms with van der Waals surface area (Å²) in [4.78, 5) is 12.1. The molecule has 2 aromatic rings. The Morgan fingerprint density at radius 3 is 2.55 bits per heavy atom. The van der Waals surface area contributed by atoms with E-state index < -0.39 is 0 Å². The van der Waals surface area contributed by atoms with Crippen LogP contribution in [-0.4, -0.2) is 5.97 Å². The minimum absolute atomic E-state index is 0.272. The number of anilines is 1. The third-order valence-corrected chi connectivity index (χ3v) is 3.54. The summed E-state index contributed by atoms with van der Waals surface area (Å²) in [5, 5.41) is 0. The lowest BCUT2D eigenvalue weighted by atomic mass is 10.1. The third-order valence-electron chi connectivity index (χ3n) is 3.54. The van der Waals surface area contributed by atoms with Crippen LogP contribution in [0.4, 0.5) is 5.69 Å². The molecule has 0 bridgehead atoms. The van der Waals surface area contributed by atoms with Crippen molar-refractivity contribution >= 4 is 11.7 Å². The number of hydrogen-bond donors (Lipinski definition) is 1. The lowest BCUT2D eigenvalue weighted by molar-refractivity contribution is 0.0472. The summed E-state index contributed by atoms with van der Waals surface area (Å²) >= 11 is 0. The van der Waals surface area contributed by atoms with Crippen molar-refractivity contribution in [3.05, 3.63) is 64.2 Å². The molecule has 0 fully saturated rings. The first kappa shape index (κ1) is 14.1. The summed E-state index contributed by atoms with van der Waals surface area (Å²) in [6.45, 7) is 6.19. The van der Waals surface area contributed by atoms with Crippen LogP contribution in [0.1, 0.15) is 32.6 Å². The van der Waals surface area contributed by atoms with Crippen molar-refractivity contribution in [3.63, 3.8) is 0 Å². The second-order valence-corrected chi connectivity index (χ2v) is 5.01. The highest BCUT2D eigenvalue weighted by Gasteiger charge is 2.12. The molecule has 0 aliphatic heterocycles. The monoisotopic (exact) mass is 269 g/mol. The summed E-state index contributed by atoms with van der Waals surface area (Å²) in [6.07, 6.45) is 0. The zero-order valence-corrected chi connectivity index (χ0v) is 12.1. The van der Waals surface area contributed by atoms with Crippen LogP contribution < -0.4 is 5.73 Å². The lowest BCUT2D eigenvalue weighted by Crippen LogP contribution is -2.08. The van der Waals surface area contributed by atoms with Crippen LogP contribution in [0.2, 0.25) is 0 Å². The van der Waals surface area contributed by atoms with Gasteiger partial charge in [0.25, 0.3) is 0 Å². The van der Waals surface area contributed by atoms with Crippen LogP contribution in [0.3, 0.4) is 0 Å². The highest BCUT2D eigenvalue weighted by molar-refractivity contribution is 5.92. The Bertz CT molecular complexity index is 647. The summed E-state index contributed by atoms with van der Waals surface area (Å²) in [7, 11) is 0. The van der Waals surface area contributed by atoms with Crippen molar-refractivity contribution in [2.75, 3.05) is 5.73 Å². The molecule has 104 valence electrons. The fourth-order valence-electron chi connectivity index (χ4n) is 1.99. The topological polar surface area (TPSA) is 52.3 Å². The van der Waals surface area contributed by atoms with Crippen molar-refractivity contribution in [2.45, 2.75) is 27.4 Å². The van der Waals surface area contributed by atoms with E-state index in [1.807, 2.05) is 32.0 Å². The van der Waals surface area contributed by atoms with Gasteiger partial charge < -0.3 is 10.5 Å². The molecule has 3 heteroatoms. The van der Waals surface area contributed by atoms with Gasteiger partial charge in [0.2, 0.25) is 0 Å². The predicted octanol–water partition coefficient (Wildman–Crippen LogP) is 3.55. The number of aryl methyl sites for hydroxylation is 2. The quantitative estimate of drug-likeness (QED) is 0.684. The molecule has 0 saturated carbocycles. The molecule has 0 spiro atoms. The van der Waals surface area contributed by atoms with E-state index in [0.717, 1.165) is 11.1 Å². The maximum absolute atomic E-state index is 12.1. The van der Waals surface area contributed by atoms with Gasteiger partial charge in [0.1, 0.15) is 6.61 Å². The number of carbonyl (C=O) groups is 1. The van der Waals surface area contributed by atoms with Crippen LogP contribution in [-0.2, 0) is 11.3 Å².